The molecular formula is C17H19BrO. The molecule has 0 amide bonds. The Morgan fingerprint density at radius 3 is 2.16 bits per heavy atom. The standard InChI is InChI=1S/C17H19BrO/c1-12(2)19-15-10-8-14(9-11-15)17(18)16-7-5-4-6-13(16)3/h4-12,17H,1-3H3. The van der Waals surface area contributed by atoms with Gasteiger partial charge in [0.1, 0.15) is 5.75 Å². The fraction of sp³-hybridized carbons (Fsp3) is 0.294. The maximum atomic E-state index is 5.66. The molecule has 0 aliphatic rings. The van der Waals surface area contributed by atoms with Crippen molar-refractivity contribution in [2.75, 3.05) is 0 Å². The Morgan fingerprint density at radius 1 is 0.947 bits per heavy atom. The van der Waals surface area contributed by atoms with Crippen LogP contribution < -0.4 is 4.74 Å². The topological polar surface area (TPSA) is 9.23 Å². The molecule has 2 heteroatoms. The van der Waals surface area contributed by atoms with Crippen LogP contribution in [0.1, 0.15) is 35.4 Å². The van der Waals surface area contributed by atoms with Gasteiger partial charge in [-0.25, -0.2) is 0 Å². The maximum Gasteiger partial charge on any atom is 0.119 e. The Kier molecular flexibility index (Phi) is 4.65. The van der Waals surface area contributed by atoms with E-state index in [1.54, 1.807) is 0 Å². The Bertz CT molecular complexity index is 531. The van der Waals surface area contributed by atoms with Crippen LogP contribution in [0.4, 0.5) is 0 Å². The highest BCUT2D eigenvalue weighted by Gasteiger charge is 2.12. The number of hydrogen-bond donors (Lipinski definition) is 0. The molecule has 100 valence electrons. The summed E-state index contributed by atoms with van der Waals surface area (Å²) in [5, 5.41) is 0. The van der Waals surface area contributed by atoms with E-state index in [0.29, 0.717) is 0 Å². The number of hydrogen-bond acceptors (Lipinski definition) is 1. The highest BCUT2D eigenvalue weighted by atomic mass is 79.9. The van der Waals surface area contributed by atoms with Gasteiger partial charge in [0.25, 0.3) is 0 Å². The lowest BCUT2D eigenvalue weighted by Crippen LogP contribution is -2.05. The van der Waals surface area contributed by atoms with Crippen LogP contribution in [0.2, 0.25) is 0 Å². The number of halogens is 1. The third-order valence-corrected chi connectivity index (χ3v) is 4.03. The summed E-state index contributed by atoms with van der Waals surface area (Å²) in [4.78, 5) is 0.224. The number of ether oxygens (including phenoxy) is 1. The lowest BCUT2D eigenvalue weighted by atomic mass is 10.0. The van der Waals surface area contributed by atoms with Crippen molar-refractivity contribution in [3.8, 4) is 5.75 Å². The minimum absolute atomic E-state index is 0.210. The van der Waals surface area contributed by atoms with E-state index in [2.05, 4.69) is 59.3 Å². The largest absolute Gasteiger partial charge is 0.491 e. The molecule has 0 fully saturated rings. The van der Waals surface area contributed by atoms with Gasteiger partial charge in [0.2, 0.25) is 0 Å². The van der Waals surface area contributed by atoms with Crippen LogP contribution in [0.3, 0.4) is 0 Å². The monoisotopic (exact) mass is 318 g/mol. The van der Waals surface area contributed by atoms with Gasteiger partial charge in [-0.1, -0.05) is 52.3 Å². The smallest absolute Gasteiger partial charge is 0.119 e. The van der Waals surface area contributed by atoms with Crippen molar-refractivity contribution in [1.82, 2.24) is 0 Å². The second-order valence-corrected chi connectivity index (χ2v) is 5.87. The van der Waals surface area contributed by atoms with Gasteiger partial charge < -0.3 is 4.74 Å². The van der Waals surface area contributed by atoms with Crippen LogP contribution >= 0.6 is 15.9 Å². The summed E-state index contributed by atoms with van der Waals surface area (Å²) in [6.07, 6.45) is 0.210. The SMILES string of the molecule is Cc1ccccc1C(Br)c1ccc(OC(C)C)cc1. The van der Waals surface area contributed by atoms with Gasteiger partial charge in [-0.3, -0.25) is 0 Å². The molecule has 0 saturated carbocycles. The maximum absolute atomic E-state index is 5.66. The van der Waals surface area contributed by atoms with E-state index in [-0.39, 0.29) is 10.9 Å². The number of alkyl halides is 1. The first-order valence-electron chi connectivity index (χ1n) is 6.54. The molecule has 0 aliphatic carbocycles. The normalized spacial score (nSPS) is 12.5. The molecule has 0 bridgehead atoms. The van der Waals surface area contributed by atoms with Crippen molar-refractivity contribution in [1.29, 1.82) is 0 Å². The molecule has 1 atom stereocenters. The molecule has 2 aromatic rings. The lowest BCUT2D eigenvalue weighted by molar-refractivity contribution is 0.242. The summed E-state index contributed by atoms with van der Waals surface area (Å²) in [5.74, 6) is 0.920. The van der Waals surface area contributed by atoms with Gasteiger partial charge in [0, 0.05) is 0 Å². The lowest BCUT2D eigenvalue weighted by Gasteiger charge is -2.15. The highest BCUT2D eigenvalue weighted by Crippen LogP contribution is 2.33. The molecule has 1 nitrogen and oxygen atoms in total. The first kappa shape index (κ1) is 14.1. The minimum atomic E-state index is 0.210. The number of rotatable bonds is 4. The highest BCUT2D eigenvalue weighted by molar-refractivity contribution is 9.09. The van der Waals surface area contributed by atoms with E-state index in [4.69, 9.17) is 4.74 Å². The Balaban J connectivity index is 2.20. The molecule has 0 radical (unpaired) electrons. The second kappa shape index (κ2) is 6.25. The molecule has 0 N–H and O–H groups in total. The van der Waals surface area contributed by atoms with Crippen molar-refractivity contribution >= 4 is 15.9 Å². The van der Waals surface area contributed by atoms with Crippen molar-refractivity contribution in [2.24, 2.45) is 0 Å². The Hall–Kier alpha value is -1.28. The zero-order chi connectivity index (χ0) is 13.8. The van der Waals surface area contributed by atoms with Gasteiger partial charge in [0.05, 0.1) is 10.9 Å². The van der Waals surface area contributed by atoms with Crippen LogP contribution in [-0.4, -0.2) is 6.10 Å². The average Bonchev–Trinajstić information content (AvgIpc) is 2.39. The summed E-state index contributed by atoms with van der Waals surface area (Å²) in [7, 11) is 0. The third-order valence-electron chi connectivity index (χ3n) is 3.01. The van der Waals surface area contributed by atoms with E-state index in [1.807, 2.05) is 26.0 Å². The molecule has 1 unspecified atom stereocenters. The molecule has 0 aromatic heterocycles. The van der Waals surface area contributed by atoms with Gasteiger partial charge in [-0.15, -0.1) is 0 Å². The molecule has 0 spiro atoms. The van der Waals surface area contributed by atoms with Gasteiger partial charge in [-0.05, 0) is 49.6 Å². The number of benzene rings is 2. The third kappa shape index (κ3) is 3.60. The fourth-order valence-corrected chi connectivity index (χ4v) is 2.86. The van der Waals surface area contributed by atoms with Gasteiger partial charge in [-0.2, -0.15) is 0 Å². The predicted octanol–water partition coefficient (Wildman–Crippen LogP) is 5.27. The Morgan fingerprint density at radius 2 is 1.58 bits per heavy atom. The zero-order valence-corrected chi connectivity index (χ0v) is 13.1. The zero-order valence-electron chi connectivity index (χ0n) is 11.6. The Labute approximate surface area is 123 Å². The molecular weight excluding hydrogens is 300 g/mol. The van der Waals surface area contributed by atoms with E-state index >= 15 is 0 Å². The van der Waals surface area contributed by atoms with Gasteiger partial charge >= 0.3 is 0 Å². The molecule has 2 aromatic carbocycles. The minimum Gasteiger partial charge on any atom is -0.491 e. The van der Waals surface area contributed by atoms with E-state index in [1.165, 1.54) is 16.7 Å². The summed E-state index contributed by atoms with van der Waals surface area (Å²) in [5.41, 5.74) is 3.84. The van der Waals surface area contributed by atoms with Crippen molar-refractivity contribution < 1.29 is 4.74 Å². The van der Waals surface area contributed by atoms with Crippen LogP contribution in [0, 0.1) is 6.92 Å². The molecule has 19 heavy (non-hydrogen) atoms. The summed E-state index contributed by atoms with van der Waals surface area (Å²) < 4.78 is 5.66. The van der Waals surface area contributed by atoms with Crippen molar-refractivity contribution in [3.63, 3.8) is 0 Å². The van der Waals surface area contributed by atoms with Crippen LogP contribution in [-0.2, 0) is 0 Å². The molecule has 0 saturated heterocycles. The van der Waals surface area contributed by atoms with E-state index < -0.39 is 0 Å². The predicted molar refractivity (Wildman–Crippen MR) is 84.2 cm³/mol. The van der Waals surface area contributed by atoms with Crippen molar-refractivity contribution in [2.45, 2.75) is 31.7 Å². The van der Waals surface area contributed by atoms with E-state index in [0.717, 1.165) is 5.75 Å². The summed E-state index contributed by atoms with van der Waals surface area (Å²) in [6.45, 7) is 6.21. The number of aryl methyl sites for hydroxylation is 1. The first-order chi connectivity index (χ1) is 9.08. The van der Waals surface area contributed by atoms with Crippen LogP contribution in [0.15, 0.2) is 48.5 Å². The molecule has 0 aliphatic heterocycles. The van der Waals surface area contributed by atoms with Gasteiger partial charge in [0.15, 0.2) is 0 Å². The average molecular weight is 319 g/mol. The quantitative estimate of drug-likeness (QED) is 0.698. The van der Waals surface area contributed by atoms with Crippen molar-refractivity contribution in [3.05, 3.63) is 65.2 Å². The second-order valence-electron chi connectivity index (χ2n) is 4.95. The molecule has 0 heterocycles. The molecule has 2 rings (SSSR count). The van der Waals surface area contributed by atoms with Crippen LogP contribution in [0.5, 0.6) is 5.75 Å². The first-order valence-corrected chi connectivity index (χ1v) is 7.45. The van der Waals surface area contributed by atoms with Crippen LogP contribution in [0.25, 0.3) is 0 Å². The fourth-order valence-electron chi connectivity index (χ4n) is 2.04. The van der Waals surface area contributed by atoms with E-state index in [9.17, 15) is 0 Å². The summed E-state index contributed by atoms with van der Waals surface area (Å²) >= 11 is 3.78. The summed E-state index contributed by atoms with van der Waals surface area (Å²) in [6, 6.07) is 16.7.